The molecule has 0 atom stereocenters. The zero-order chi connectivity index (χ0) is 36.7. The summed E-state index contributed by atoms with van der Waals surface area (Å²) in [5.74, 6) is -0.130. The van der Waals surface area contributed by atoms with Crippen LogP contribution in [0.3, 0.4) is 0 Å². The number of anilines is 1. The third-order valence-corrected chi connectivity index (χ3v) is 23.6. The average Bonchev–Trinajstić information content (AvgIpc) is 2.86. The molecule has 264 valence electrons. The van der Waals surface area contributed by atoms with Crippen LogP contribution in [0.2, 0.25) is 103 Å². The molecule has 0 aliphatic heterocycles. The third-order valence-electron chi connectivity index (χ3n) is 7.39. The fraction of sp³-hybridized carbons (Fsp3) is 0.622. The van der Waals surface area contributed by atoms with Gasteiger partial charge in [0.25, 0.3) is 0 Å². The number of benzene rings is 2. The Hall–Kier alpha value is -1.54. The number of rotatable bonds is 9. The zero-order valence-electron chi connectivity index (χ0n) is 33.6. The molecule has 0 aliphatic carbocycles. The first-order valence-corrected chi connectivity index (χ1v) is 34.8. The molecule has 2 rings (SSSR count). The van der Waals surface area contributed by atoms with Crippen LogP contribution in [0.25, 0.3) is 0 Å². The Morgan fingerprint density at radius 3 is 1.30 bits per heavy atom. The molecule has 0 saturated carbocycles. The largest absolute Gasteiger partial charge is 0.466 e. The molecular weight excluding hydrogens is 647 g/mol. The second-order valence-corrected chi connectivity index (χ2v) is 44.2. The monoisotopic (exact) mass is 719 g/mol. The Morgan fingerprint density at radius 2 is 1.07 bits per heavy atom. The van der Waals surface area contributed by atoms with Gasteiger partial charge in [0.1, 0.15) is 0 Å². The molecule has 2 aromatic carbocycles. The Kier molecular flexibility index (Phi) is 20.3. The molecule has 0 radical (unpaired) electrons. The summed E-state index contributed by atoms with van der Waals surface area (Å²) in [6, 6.07) is 19.1. The molecule has 0 heterocycles. The van der Waals surface area contributed by atoms with Crippen molar-refractivity contribution in [2.24, 2.45) is 0 Å². The van der Waals surface area contributed by atoms with E-state index in [4.69, 9.17) is 0 Å². The van der Waals surface area contributed by atoms with E-state index in [0.717, 1.165) is 5.69 Å². The molecule has 4 nitrogen and oxygen atoms in total. The lowest BCUT2D eigenvalue weighted by molar-refractivity contribution is -0.140. The van der Waals surface area contributed by atoms with Gasteiger partial charge in [-0.3, -0.25) is 9.59 Å². The number of esters is 1. The molecule has 0 bridgehead atoms. The topological polar surface area (TPSA) is 46.6 Å². The SMILES string of the molecule is CCC[Si](C)(C)c1cccc(N(C)C(C)=O)c1.CCOC(C)=O.C[Si](C)(C)C[Si](C)(C)C.C[Si](C)(C)c1ccc([Si](C)(C)C)cc1. The second kappa shape index (κ2) is 20.1. The first-order chi connectivity index (χ1) is 20.6. The maximum atomic E-state index is 11.4. The van der Waals surface area contributed by atoms with E-state index in [1.54, 1.807) is 34.8 Å². The molecule has 0 N–H and O–H groups in total. The molecular formula is C37H73NO3Si5. The van der Waals surface area contributed by atoms with E-state index in [1.807, 2.05) is 13.1 Å². The van der Waals surface area contributed by atoms with E-state index in [2.05, 4.69) is 146 Å². The summed E-state index contributed by atoms with van der Waals surface area (Å²) in [5, 5.41) is 4.57. The summed E-state index contributed by atoms with van der Waals surface area (Å²) in [6.45, 7) is 41.4. The number of hydrogen-bond acceptors (Lipinski definition) is 3. The molecule has 0 saturated heterocycles. The van der Waals surface area contributed by atoms with Crippen molar-refractivity contribution in [1.29, 1.82) is 0 Å². The van der Waals surface area contributed by atoms with Crippen molar-refractivity contribution in [2.75, 3.05) is 18.6 Å². The van der Waals surface area contributed by atoms with E-state index < -0.39 is 40.4 Å². The summed E-state index contributed by atoms with van der Waals surface area (Å²) in [4.78, 5) is 22.9. The van der Waals surface area contributed by atoms with Crippen molar-refractivity contribution in [2.45, 2.75) is 137 Å². The van der Waals surface area contributed by atoms with Gasteiger partial charge in [-0.05, 0) is 19.1 Å². The average molecular weight is 720 g/mol. The third kappa shape index (κ3) is 22.1. The standard InChI is InChI=1S/C14H23NOSi.C12H22Si2.C7H20Si2.C4H8O2/c1-6-10-17(4,5)14-9-7-8-13(11-14)15(3)12(2)16;1-13(2,3)11-7-9-12(10-8-11)14(4,5)6;1-8(2,3)7-9(4,5)6;1-3-6-4(2)5/h7-9,11H,6,10H2,1-5H3;7-10H,1-6H3;7H2,1-6H3;3H2,1-2H3. The van der Waals surface area contributed by atoms with Crippen LogP contribution in [0.1, 0.15) is 34.1 Å². The normalized spacial score (nSPS) is 11.9. The molecule has 0 aliphatic rings. The maximum absolute atomic E-state index is 11.4. The number of nitrogens with zero attached hydrogens (tertiary/aromatic N) is 1. The zero-order valence-corrected chi connectivity index (χ0v) is 38.6. The van der Waals surface area contributed by atoms with Crippen LogP contribution in [-0.2, 0) is 14.3 Å². The summed E-state index contributed by atoms with van der Waals surface area (Å²) >= 11 is 0. The minimum atomic E-state index is -1.33. The van der Waals surface area contributed by atoms with Crippen LogP contribution in [0.4, 0.5) is 5.69 Å². The van der Waals surface area contributed by atoms with Gasteiger partial charge in [0.15, 0.2) is 0 Å². The second-order valence-electron chi connectivity index (χ2n) is 17.6. The molecule has 46 heavy (non-hydrogen) atoms. The molecule has 0 aromatic heterocycles. The van der Waals surface area contributed by atoms with Crippen LogP contribution in [0, 0.1) is 0 Å². The predicted octanol–water partition coefficient (Wildman–Crippen LogP) is 9.54. The lowest BCUT2D eigenvalue weighted by Crippen LogP contribution is -2.42. The van der Waals surface area contributed by atoms with Gasteiger partial charge in [-0.15, -0.1) is 0 Å². The highest BCUT2D eigenvalue weighted by Crippen LogP contribution is 2.19. The van der Waals surface area contributed by atoms with Gasteiger partial charge >= 0.3 is 5.97 Å². The van der Waals surface area contributed by atoms with Crippen molar-refractivity contribution in [3.05, 3.63) is 48.5 Å². The first-order valence-electron chi connectivity index (χ1n) is 17.2. The van der Waals surface area contributed by atoms with Crippen molar-refractivity contribution >= 4 is 73.5 Å². The number of carbonyl (C=O) groups is 2. The van der Waals surface area contributed by atoms with Gasteiger partial charge in [-0.1, -0.05) is 169 Å². The van der Waals surface area contributed by atoms with Gasteiger partial charge in [0, 0.05) is 42.7 Å². The Balaban J connectivity index is 0. The maximum Gasteiger partial charge on any atom is 0.302 e. The van der Waals surface area contributed by atoms with Crippen LogP contribution in [-0.4, -0.2) is 65.9 Å². The molecule has 0 fully saturated rings. The summed E-state index contributed by atoms with van der Waals surface area (Å²) in [5.41, 5.74) is 2.58. The molecule has 0 spiro atoms. The van der Waals surface area contributed by atoms with Crippen LogP contribution >= 0.6 is 0 Å². The van der Waals surface area contributed by atoms with Crippen LogP contribution in [0.5, 0.6) is 0 Å². The fourth-order valence-corrected chi connectivity index (χ4v) is 23.0. The number of carbonyl (C=O) groups excluding carboxylic acids is 2. The lowest BCUT2D eigenvalue weighted by Gasteiger charge is -2.25. The van der Waals surface area contributed by atoms with Crippen LogP contribution in [0.15, 0.2) is 48.5 Å². The molecule has 0 unspecified atom stereocenters. The van der Waals surface area contributed by atoms with Gasteiger partial charge in [-0.2, -0.15) is 0 Å². The first kappa shape index (κ1) is 46.6. The number of ether oxygens (including phenoxy) is 1. The van der Waals surface area contributed by atoms with Crippen molar-refractivity contribution in [3.8, 4) is 0 Å². The highest BCUT2D eigenvalue weighted by molar-refractivity contribution is 6.94. The van der Waals surface area contributed by atoms with E-state index in [-0.39, 0.29) is 11.9 Å². The molecule has 1 amide bonds. The molecule has 9 heteroatoms. The van der Waals surface area contributed by atoms with Crippen molar-refractivity contribution < 1.29 is 14.3 Å². The van der Waals surface area contributed by atoms with Gasteiger partial charge < -0.3 is 9.64 Å². The summed E-state index contributed by atoms with van der Waals surface area (Å²) in [6.07, 6.45) is 1.23. The lowest BCUT2D eigenvalue weighted by atomic mass is 10.3. The predicted molar refractivity (Wildman–Crippen MR) is 224 cm³/mol. The fourth-order valence-electron chi connectivity index (χ4n) is 5.35. The van der Waals surface area contributed by atoms with Crippen LogP contribution < -0.4 is 20.5 Å². The Labute approximate surface area is 291 Å². The van der Waals surface area contributed by atoms with E-state index in [9.17, 15) is 9.59 Å². The minimum Gasteiger partial charge on any atom is -0.466 e. The number of hydrogen-bond donors (Lipinski definition) is 0. The summed E-state index contributed by atoms with van der Waals surface area (Å²) < 4.78 is 4.40. The van der Waals surface area contributed by atoms with Crippen molar-refractivity contribution in [1.82, 2.24) is 0 Å². The minimum absolute atomic E-state index is 0.0807. The Bertz CT molecular complexity index is 1120. The van der Waals surface area contributed by atoms with E-state index in [1.165, 1.54) is 24.6 Å². The smallest absolute Gasteiger partial charge is 0.302 e. The Morgan fingerprint density at radius 1 is 0.652 bits per heavy atom. The van der Waals surface area contributed by atoms with E-state index >= 15 is 0 Å². The highest BCUT2D eigenvalue weighted by Gasteiger charge is 2.24. The number of amides is 1. The van der Waals surface area contributed by atoms with Gasteiger partial charge in [-0.25, -0.2) is 0 Å². The van der Waals surface area contributed by atoms with Gasteiger partial charge in [0.2, 0.25) is 5.91 Å². The quantitative estimate of drug-likeness (QED) is 0.192. The van der Waals surface area contributed by atoms with Crippen molar-refractivity contribution in [3.63, 3.8) is 0 Å². The van der Waals surface area contributed by atoms with E-state index in [0.29, 0.717) is 6.61 Å². The molecule has 2 aromatic rings. The summed E-state index contributed by atoms with van der Waals surface area (Å²) in [7, 11) is -3.16. The van der Waals surface area contributed by atoms with Gasteiger partial charge in [0.05, 0.1) is 30.8 Å². The highest BCUT2D eigenvalue weighted by atomic mass is 28.4.